The molecule has 1 aromatic rings. The van der Waals surface area contributed by atoms with Gasteiger partial charge in [-0.3, -0.25) is 9.69 Å². The van der Waals surface area contributed by atoms with Crippen LogP contribution in [0.4, 0.5) is 5.82 Å². The Bertz CT molecular complexity index is 702. The quantitative estimate of drug-likeness (QED) is 0.760. The fourth-order valence-corrected chi connectivity index (χ4v) is 5.37. The molecule has 8 heteroatoms. The molecule has 2 aliphatic rings. The minimum Gasteiger partial charge on any atom is -0.354 e. The molecule has 2 fully saturated rings. The van der Waals surface area contributed by atoms with Crippen molar-refractivity contribution in [2.75, 3.05) is 49.6 Å². The largest absolute Gasteiger partial charge is 0.354 e. The summed E-state index contributed by atoms with van der Waals surface area (Å²) in [4.78, 5) is 23.2. The summed E-state index contributed by atoms with van der Waals surface area (Å²) in [5.74, 6) is 1.25. The van der Waals surface area contributed by atoms with E-state index in [0.717, 1.165) is 32.0 Å². The maximum Gasteiger partial charge on any atom is 0.239 e. The van der Waals surface area contributed by atoms with Crippen LogP contribution in [0.3, 0.4) is 0 Å². The van der Waals surface area contributed by atoms with Gasteiger partial charge in [0.05, 0.1) is 17.5 Å². The van der Waals surface area contributed by atoms with Gasteiger partial charge >= 0.3 is 0 Å². The second kappa shape index (κ2) is 7.29. The summed E-state index contributed by atoms with van der Waals surface area (Å²) in [6, 6.07) is 5.46. The summed E-state index contributed by atoms with van der Waals surface area (Å²) in [5, 5.41) is 0. The molecule has 0 spiro atoms. The van der Waals surface area contributed by atoms with Crippen LogP contribution in [0.25, 0.3) is 0 Å². The maximum atomic E-state index is 12.8. The summed E-state index contributed by atoms with van der Waals surface area (Å²) in [6.07, 6.45) is 2.34. The lowest BCUT2D eigenvalue weighted by Gasteiger charge is -2.39. The van der Waals surface area contributed by atoms with Gasteiger partial charge < -0.3 is 9.80 Å². The molecule has 7 nitrogen and oxygen atoms in total. The predicted octanol–water partition coefficient (Wildman–Crippen LogP) is 0.238. The molecule has 0 unspecified atom stereocenters. The summed E-state index contributed by atoms with van der Waals surface area (Å²) in [7, 11) is -1.25. The highest BCUT2D eigenvalue weighted by Gasteiger charge is 2.35. The van der Waals surface area contributed by atoms with E-state index in [2.05, 4.69) is 14.8 Å². The second-order valence-electron chi connectivity index (χ2n) is 6.89. The van der Waals surface area contributed by atoms with Gasteiger partial charge in [0.2, 0.25) is 5.91 Å². The predicted molar refractivity (Wildman–Crippen MR) is 97.3 cm³/mol. The van der Waals surface area contributed by atoms with Crippen molar-refractivity contribution in [3.05, 3.63) is 24.4 Å². The van der Waals surface area contributed by atoms with Gasteiger partial charge in [-0.25, -0.2) is 13.4 Å². The zero-order valence-corrected chi connectivity index (χ0v) is 15.7. The number of rotatable bonds is 4. The van der Waals surface area contributed by atoms with Gasteiger partial charge in [-0.15, -0.1) is 0 Å². The van der Waals surface area contributed by atoms with Crippen LogP contribution >= 0.6 is 0 Å². The van der Waals surface area contributed by atoms with E-state index < -0.39 is 9.84 Å². The van der Waals surface area contributed by atoms with E-state index in [1.807, 2.05) is 25.1 Å². The normalized spacial score (nSPS) is 24.9. The lowest BCUT2D eigenvalue weighted by Crippen LogP contribution is -2.55. The molecule has 2 aliphatic heterocycles. The Kier molecular flexibility index (Phi) is 5.29. The number of likely N-dealkylation sites (N-methyl/N-ethyl adjacent to an activating group) is 1. The number of carbonyl (C=O) groups excluding carboxylic acids is 1. The highest BCUT2D eigenvalue weighted by Crippen LogP contribution is 2.19. The van der Waals surface area contributed by atoms with E-state index in [0.29, 0.717) is 6.42 Å². The molecule has 2 saturated heterocycles. The lowest BCUT2D eigenvalue weighted by molar-refractivity contribution is -0.136. The molecular formula is C17H26N4O3S. The van der Waals surface area contributed by atoms with E-state index in [-0.39, 0.29) is 29.5 Å². The fraction of sp³-hybridized carbons (Fsp3) is 0.647. The maximum absolute atomic E-state index is 12.8. The smallest absolute Gasteiger partial charge is 0.239 e. The van der Waals surface area contributed by atoms with Crippen molar-refractivity contribution in [1.29, 1.82) is 0 Å². The minimum atomic E-state index is -2.98. The SMILES string of the molecule is C[C@H](C(=O)N(C)[C@H]1CCS(=O)(=O)C1)N1CCN(c2ccccn2)CC1. The first-order valence-corrected chi connectivity index (χ1v) is 10.6. The van der Waals surface area contributed by atoms with Gasteiger partial charge in [0, 0.05) is 45.5 Å². The van der Waals surface area contributed by atoms with Crippen LogP contribution in [-0.2, 0) is 14.6 Å². The van der Waals surface area contributed by atoms with E-state index in [9.17, 15) is 13.2 Å². The number of hydrogen-bond donors (Lipinski definition) is 0. The number of piperazine rings is 1. The van der Waals surface area contributed by atoms with Crippen molar-refractivity contribution < 1.29 is 13.2 Å². The summed E-state index contributed by atoms with van der Waals surface area (Å²) >= 11 is 0. The summed E-state index contributed by atoms with van der Waals surface area (Å²) in [6.45, 7) is 5.16. The standard InChI is InChI=1S/C17H26N4O3S/c1-14(17(22)19(2)15-6-12-25(23,24)13-15)20-8-10-21(11-9-20)16-5-3-4-7-18-16/h3-5,7,14-15H,6,8-13H2,1-2H3/t14-,15+/m1/s1. The molecule has 0 aromatic carbocycles. The first-order valence-electron chi connectivity index (χ1n) is 8.74. The molecule has 3 heterocycles. The first-order chi connectivity index (χ1) is 11.9. The van der Waals surface area contributed by atoms with Crippen LogP contribution in [0.5, 0.6) is 0 Å². The van der Waals surface area contributed by atoms with Gasteiger partial charge in [0.25, 0.3) is 0 Å². The molecule has 0 bridgehead atoms. The Balaban J connectivity index is 1.55. The number of pyridine rings is 1. The third-order valence-electron chi connectivity index (χ3n) is 5.30. The third kappa shape index (κ3) is 4.12. The van der Waals surface area contributed by atoms with Crippen LogP contribution < -0.4 is 4.90 Å². The Labute approximate surface area is 149 Å². The third-order valence-corrected chi connectivity index (χ3v) is 7.05. The monoisotopic (exact) mass is 366 g/mol. The zero-order chi connectivity index (χ0) is 18.0. The van der Waals surface area contributed by atoms with E-state index >= 15 is 0 Å². The molecule has 0 aliphatic carbocycles. The fourth-order valence-electron chi connectivity index (χ4n) is 3.59. The summed E-state index contributed by atoms with van der Waals surface area (Å²) in [5.41, 5.74) is 0. The zero-order valence-electron chi connectivity index (χ0n) is 14.8. The van der Waals surface area contributed by atoms with Gasteiger partial charge in [-0.05, 0) is 25.5 Å². The van der Waals surface area contributed by atoms with Crippen molar-refractivity contribution in [2.24, 2.45) is 0 Å². The van der Waals surface area contributed by atoms with E-state index in [1.165, 1.54) is 0 Å². The van der Waals surface area contributed by atoms with Gasteiger partial charge in [-0.2, -0.15) is 0 Å². The van der Waals surface area contributed by atoms with Crippen molar-refractivity contribution >= 4 is 21.6 Å². The average molecular weight is 366 g/mol. The van der Waals surface area contributed by atoms with Crippen molar-refractivity contribution in [3.8, 4) is 0 Å². The highest BCUT2D eigenvalue weighted by molar-refractivity contribution is 7.91. The van der Waals surface area contributed by atoms with Crippen LogP contribution in [0.1, 0.15) is 13.3 Å². The van der Waals surface area contributed by atoms with Crippen LogP contribution in [-0.4, -0.2) is 85.9 Å². The molecule has 138 valence electrons. The molecule has 2 atom stereocenters. The minimum absolute atomic E-state index is 0.00776. The number of amides is 1. The lowest BCUT2D eigenvalue weighted by atomic mass is 10.1. The number of carbonyl (C=O) groups is 1. The van der Waals surface area contributed by atoms with Crippen molar-refractivity contribution in [1.82, 2.24) is 14.8 Å². The Hall–Kier alpha value is -1.67. The average Bonchev–Trinajstić information content (AvgIpc) is 3.00. The van der Waals surface area contributed by atoms with Gasteiger partial charge in [0.1, 0.15) is 5.82 Å². The number of anilines is 1. The molecular weight excluding hydrogens is 340 g/mol. The molecule has 25 heavy (non-hydrogen) atoms. The molecule has 0 radical (unpaired) electrons. The number of aromatic nitrogens is 1. The van der Waals surface area contributed by atoms with Gasteiger partial charge in [0.15, 0.2) is 9.84 Å². The van der Waals surface area contributed by atoms with E-state index in [4.69, 9.17) is 0 Å². The highest BCUT2D eigenvalue weighted by atomic mass is 32.2. The first kappa shape index (κ1) is 18.1. The van der Waals surface area contributed by atoms with Crippen molar-refractivity contribution in [3.63, 3.8) is 0 Å². The van der Waals surface area contributed by atoms with Crippen LogP contribution in [0.15, 0.2) is 24.4 Å². The van der Waals surface area contributed by atoms with Crippen LogP contribution in [0.2, 0.25) is 0 Å². The van der Waals surface area contributed by atoms with Gasteiger partial charge in [-0.1, -0.05) is 6.07 Å². The Morgan fingerprint density at radius 2 is 2.00 bits per heavy atom. The van der Waals surface area contributed by atoms with E-state index in [1.54, 1.807) is 18.1 Å². The molecule has 3 rings (SSSR count). The topological polar surface area (TPSA) is 73.8 Å². The summed E-state index contributed by atoms with van der Waals surface area (Å²) < 4.78 is 23.3. The number of sulfone groups is 1. The molecule has 0 N–H and O–H groups in total. The number of hydrogen-bond acceptors (Lipinski definition) is 6. The Morgan fingerprint density at radius 3 is 2.56 bits per heavy atom. The van der Waals surface area contributed by atoms with Crippen LogP contribution in [0, 0.1) is 0 Å². The Morgan fingerprint density at radius 1 is 1.28 bits per heavy atom. The second-order valence-corrected chi connectivity index (χ2v) is 9.12. The molecule has 0 saturated carbocycles. The number of nitrogens with zero attached hydrogens (tertiary/aromatic N) is 4. The molecule has 1 amide bonds. The molecule has 1 aromatic heterocycles. The van der Waals surface area contributed by atoms with Crippen molar-refractivity contribution in [2.45, 2.75) is 25.4 Å².